The largest absolute Gasteiger partial charge is 0.463 e. The second kappa shape index (κ2) is 18.5. The van der Waals surface area contributed by atoms with E-state index in [0.29, 0.717) is 0 Å². The predicted molar refractivity (Wildman–Crippen MR) is 158 cm³/mol. The van der Waals surface area contributed by atoms with Gasteiger partial charge in [-0.15, -0.1) is 0 Å². The van der Waals surface area contributed by atoms with Gasteiger partial charge in [-0.25, -0.2) is 14.4 Å². The number of amides is 4. The molecule has 2 aromatic rings. The van der Waals surface area contributed by atoms with E-state index in [0.717, 1.165) is 17.2 Å². The van der Waals surface area contributed by atoms with Crippen molar-refractivity contribution in [2.75, 3.05) is 13.2 Å². The van der Waals surface area contributed by atoms with Crippen molar-refractivity contribution in [2.24, 2.45) is 11.7 Å². The molecular formula is C31H40N4O8. The van der Waals surface area contributed by atoms with Gasteiger partial charge in [0.25, 0.3) is 0 Å². The van der Waals surface area contributed by atoms with E-state index in [1.54, 1.807) is 31.2 Å². The Morgan fingerprint density at radius 2 is 1.40 bits per heavy atom. The summed E-state index contributed by atoms with van der Waals surface area (Å²) in [5, 5.41) is 8.00. The van der Waals surface area contributed by atoms with Crippen LogP contribution >= 0.6 is 0 Å². The third-order valence-electron chi connectivity index (χ3n) is 5.93. The number of nitrogens with two attached hydrogens (primary N) is 1. The fraction of sp³-hybridized carbons (Fsp3) is 0.387. The number of hydrogen-bond acceptors (Lipinski definition) is 8. The Morgan fingerprint density at radius 1 is 0.791 bits per heavy atom. The number of hydrogen-bond donors (Lipinski definition) is 4. The highest BCUT2D eigenvalue weighted by molar-refractivity contribution is 5.91. The predicted octanol–water partition coefficient (Wildman–Crippen LogP) is 2.75. The number of primary amides is 1. The van der Waals surface area contributed by atoms with Crippen molar-refractivity contribution in [3.8, 4) is 0 Å². The summed E-state index contributed by atoms with van der Waals surface area (Å²) in [7, 11) is 0. The molecule has 0 aromatic heterocycles. The molecule has 232 valence electrons. The first-order valence-corrected chi connectivity index (χ1v) is 14.0. The summed E-state index contributed by atoms with van der Waals surface area (Å²) < 4.78 is 15.0. The quantitative estimate of drug-likeness (QED) is 0.130. The number of benzene rings is 2. The monoisotopic (exact) mass is 596 g/mol. The second-order valence-electron chi connectivity index (χ2n) is 10.00. The summed E-state index contributed by atoms with van der Waals surface area (Å²) in [6, 6.07) is 15.1. The molecule has 3 atom stereocenters. The fourth-order valence-electron chi connectivity index (χ4n) is 3.93. The number of ether oxygens (including phenoxy) is 3. The molecule has 0 saturated heterocycles. The minimum atomic E-state index is -1.10. The Labute approximate surface area is 251 Å². The van der Waals surface area contributed by atoms with Gasteiger partial charge in [0.2, 0.25) is 11.8 Å². The molecule has 12 nitrogen and oxygen atoms in total. The Kier molecular flexibility index (Phi) is 14.8. The topological polar surface area (TPSA) is 175 Å². The zero-order valence-corrected chi connectivity index (χ0v) is 24.6. The average molecular weight is 597 g/mol. The van der Waals surface area contributed by atoms with Crippen molar-refractivity contribution in [3.05, 3.63) is 83.9 Å². The number of carbonyl (C=O) groups excluding carboxylic acids is 5. The fourth-order valence-corrected chi connectivity index (χ4v) is 3.93. The molecular weight excluding hydrogens is 556 g/mol. The van der Waals surface area contributed by atoms with Crippen molar-refractivity contribution in [1.82, 2.24) is 16.0 Å². The molecule has 0 bridgehead atoms. The lowest BCUT2D eigenvalue weighted by atomic mass is 10.0. The van der Waals surface area contributed by atoms with E-state index >= 15 is 0 Å². The van der Waals surface area contributed by atoms with Gasteiger partial charge in [-0.05, 0) is 30.4 Å². The van der Waals surface area contributed by atoms with Gasteiger partial charge in [0.15, 0.2) is 0 Å². The first-order valence-electron chi connectivity index (χ1n) is 14.0. The Bertz CT molecular complexity index is 1220. The molecule has 4 amide bonds. The van der Waals surface area contributed by atoms with Gasteiger partial charge >= 0.3 is 18.2 Å². The number of rotatable bonds is 16. The maximum absolute atomic E-state index is 13.5. The standard InChI is InChI=1S/C31H40N4O8/c1-4-41-27(36)16-15-24(20-42-30(32)39)33-28(37)26(18-22-11-7-5-8-12-22)34-29(38)25(17-21(2)3)35-31(40)43-19-23-13-9-6-10-14-23/h5-16,21,24-26H,4,17-20H2,1-3H3,(H2,32,39)(H,33,37)(H,34,38)(H,35,40)/b16-15+/t24-,25+,26+/m1/s1. The summed E-state index contributed by atoms with van der Waals surface area (Å²) in [6.45, 7) is 5.23. The van der Waals surface area contributed by atoms with Crippen molar-refractivity contribution in [3.63, 3.8) is 0 Å². The van der Waals surface area contributed by atoms with E-state index in [1.807, 2.05) is 50.2 Å². The molecule has 0 fully saturated rings. The molecule has 0 heterocycles. The van der Waals surface area contributed by atoms with E-state index in [4.69, 9.17) is 19.9 Å². The molecule has 0 aliphatic rings. The minimum absolute atomic E-state index is 0.0231. The maximum Gasteiger partial charge on any atom is 0.408 e. The summed E-state index contributed by atoms with van der Waals surface area (Å²) in [6.07, 6.45) is 0.931. The lowest BCUT2D eigenvalue weighted by Crippen LogP contribution is -2.56. The molecule has 0 saturated carbocycles. The molecule has 0 aliphatic carbocycles. The highest BCUT2D eigenvalue weighted by Crippen LogP contribution is 2.09. The zero-order valence-electron chi connectivity index (χ0n) is 24.6. The lowest BCUT2D eigenvalue weighted by molar-refractivity contribution is -0.137. The number of carbonyl (C=O) groups is 5. The first-order chi connectivity index (χ1) is 20.6. The van der Waals surface area contributed by atoms with Crippen LogP contribution in [0.15, 0.2) is 72.8 Å². The van der Waals surface area contributed by atoms with Gasteiger partial charge in [-0.1, -0.05) is 80.6 Å². The molecule has 2 rings (SSSR count). The third kappa shape index (κ3) is 14.0. The van der Waals surface area contributed by atoms with Crippen LogP contribution in [-0.2, 0) is 41.6 Å². The molecule has 12 heteroatoms. The van der Waals surface area contributed by atoms with Crippen LogP contribution < -0.4 is 21.7 Å². The van der Waals surface area contributed by atoms with Crippen LogP contribution in [0.5, 0.6) is 0 Å². The summed E-state index contributed by atoms with van der Waals surface area (Å²) in [4.78, 5) is 62.5. The van der Waals surface area contributed by atoms with Crippen LogP contribution in [0.25, 0.3) is 0 Å². The smallest absolute Gasteiger partial charge is 0.408 e. The highest BCUT2D eigenvalue weighted by Gasteiger charge is 2.29. The van der Waals surface area contributed by atoms with E-state index in [9.17, 15) is 24.0 Å². The van der Waals surface area contributed by atoms with Crippen molar-refractivity contribution in [1.29, 1.82) is 0 Å². The average Bonchev–Trinajstić information content (AvgIpc) is 2.97. The van der Waals surface area contributed by atoms with Crippen molar-refractivity contribution >= 4 is 30.0 Å². The van der Waals surface area contributed by atoms with Crippen LogP contribution in [0.1, 0.15) is 38.3 Å². The van der Waals surface area contributed by atoms with E-state index in [-0.39, 0.29) is 38.6 Å². The van der Waals surface area contributed by atoms with Crippen LogP contribution in [0.2, 0.25) is 0 Å². The van der Waals surface area contributed by atoms with E-state index in [2.05, 4.69) is 16.0 Å². The lowest BCUT2D eigenvalue weighted by Gasteiger charge is -2.25. The summed E-state index contributed by atoms with van der Waals surface area (Å²) in [5.74, 6) is -1.85. The summed E-state index contributed by atoms with van der Waals surface area (Å²) in [5.41, 5.74) is 6.62. The third-order valence-corrected chi connectivity index (χ3v) is 5.93. The number of alkyl carbamates (subject to hydrolysis) is 1. The van der Waals surface area contributed by atoms with Crippen LogP contribution in [0.3, 0.4) is 0 Å². The van der Waals surface area contributed by atoms with Gasteiger partial charge in [-0.2, -0.15) is 0 Å². The molecule has 0 radical (unpaired) electrons. The van der Waals surface area contributed by atoms with Crippen LogP contribution in [-0.4, -0.2) is 61.3 Å². The highest BCUT2D eigenvalue weighted by atomic mass is 16.6. The van der Waals surface area contributed by atoms with E-state index in [1.165, 1.54) is 6.08 Å². The molecule has 0 unspecified atom stereocenters. The van der Waals surface area contributed by atoms with Gasteiger partial charge in [0.1, 0.15) is 25.3 Å². The molecule has 2 aromatic carbocycles. The minimum Gasteiger partial charge on any atom is -0.463 e. The number of nitrogens with one attached hydrogen (secondary N) is 3. The zero-order chi connectivity index (χ0) is 31.6. The van der Waals surface area contributed by atoms with Gasteiger partial charge in [0.05, 0.1) is 12.6 Å². The maximum atomic E-state index is 13.5. The first kappa shape index (κ1) is 34.3. The van der Waals surface area contributed by atoms with E-state index < -0.39 is 48.1 Å². The summed E-state index contributed by atoms with van der Waals surface area (Å²) >= 11 is 0. The van der Waals surface area contributed by atoms with Crippen molar-refractivity contribution < 1.29 is 38.2 Å². The van der Waals surface area contributed by atoms with Crippen molar-refractivity contribution in [2.45, 2.75) is 58.3 Å². The van der Waals surface area contributed by atoms with Crippen LogP contribution in [0.4, 0.5) is 9.59 Å². The number of esters is 1. The normalized spacial score (nSPS) is 12.9. The van der Waals surface area contributed by atoms with Gasteiger partial charge < -0.3 is 35.9 Å². The molecule has 43 heavy (non-hydrogen) atoms. The molecule has 0 spiro atoms. The molecule has 5 N–H and O–H groups in total. The Balaban J connectivity index is 2.20. The Morgan fingerprint density at radius 3 is 1.98 bits per heavy atom. The van der Waals surface area contributed by atoms with Crippen LogP contribution in [0, 0.1) is 5.92 Å². The molecule has 0 aliphatic heterocycles. The van der Waals surface area contributed by atoms with Gasteiger partial charge in [-0.3, -0.25) is 9.59 Å². The second-order valence-corrected chi connectivity index (χ2v) is 10.00. The van der Waals surface area contributed by atoms with Gasteiger partial charge in [0, 0.05) is 12.5 Å². The Hall–Kier alpha value is -4.87. The SMILES string of the molecule is CCOC(=O)/C=C/[C@H](COC(N)=O)NC(=O)[C@H](Cc1ccccc1)NC(=O)[C@H](CC(C)C)NC(=O)OCc1ccccc1.